The van der Waals surface area contributed by atoms with Crippen molar-refractivity contribution in [2.75, 3.05) is 19.6 Å². The number of phenols is 2. The zero-order chi connectivity index (χ0) is 25.8. The van der Waals surface area contributed by atoms with Crippen molar-refractivity contribution in [3.63, 3.8) is 0 Å². The van der Waals surface area contributed by atoms with E-state index in [1.54, 1.807) is 6.07 Å². The van der Waals surface area contributed by atoms with E-state index in [0.29, 0.717) is 0 Å². The maximum Gasteiger partial charge on any atom is 0.325 e. The highest BCUT2D eigenvalue weighted by molar-refractivity contribution is 5.78. The second kappa shape index (κ2) is 13.4. The summed E-state index contributed by atoms with van der Waals surface area (Å²) in [5, 5.41) is 58.3. The summed E-state index contributed by atoms with van der Waals surface area (Å²) in [5.74, 6) is -5.28. The fraction of sp³-hybridized carbons (Fsp3) is 0.273. The monoisotopic (exact) mass is 478 g/mol. The Balaban J connectivity index is 0.00000133. The van der Waals surface area contributed by atoms with Crippen LogP contribution in [0.1, 0.15) is 30.1 Å². The molecule has 12 nitrogen and oxygen atoms in total. The molecule has 0 aromatic heterocycles. The maximum atomic E-state index is 11.9. The lowest BCUT2D eigenvalue weighted by molar-refractivity contribution is -0.147. The molecule has 2 aromatic rings. The fourth-order valence-corrected chi connectivity index (χ4v) is 3.09. The number of benzene rings is 2. The molecule has 0 heterocycles. The number of para-hydroxylation sites is 2. The lowest BCUT2D eigenvalue weighted by Crippen LogP contribution is -2.43. The minimum Gasteiger partial charge on any atom is -0.508 e. The molecular weight excluding hydrogens is 452 g/mol. The molecule has 184 valence electrons. The van der Waals surface area contributed by atoms with Gasteiger partial charge >= 0.3 is 17.9 Å². The largest absolute Gasteiger partial charge is 0.508 e. The first kappa shape index (κ1) is 27.9. The van der Waals surface area contributed by atoms with E-state index in [1.165, 1.54) is 42.5 Å². The molecule has 2 rings (SSSR count). The lowest BCUT2D eigenvalue weighted by Gasteiger charge is -2.28. The van der Waals surface area contributed by atoms with Gasteiger partial charge in [-0.05, 0) is 12.1 Å². The van der Waals surface area contributed by atoms with E-state index < -0.39 is 42.5 Å². The van der Waals surface area contributed by atoms with Gasteiger partial charge in [-0.1, -0.05) is 36.4 Å². The second-order valence-corrected chi connectivity index (χ2v) is 6.97. The van der Waals surface area contributed by atoms with Gasteiger partial charge in [0.05, 0.1) is 6.54 Å². The summed E-state index contributed by atoms with van der Waals surface area (Å²) in [6.07, 6.45) is 0. The normalized spacial score (nSPS) is 12.2. The highest BCUT2D eigenvalue weighted by Gasteiger charge is 2.31. The average molecular weight is 478 g/mol. The Hall–Kier alpha value is -4.16. The molecule has 0 spiro atoms. The molecule has 2 atom stereocenters. The van der Waals surface area contributed by atoms with Crippen molar-refractivity contribution in [3.05, 3.63) is 59.7 Å². The molecule has 0 saturated carbocycles. The first-order chi connectivity index (χ1) is 16.0. The molecule has 0 aliphatic carbocycles. The van der Waals surface area contributed by atoms with Crippen LogP contribution in [0.3, 0.4) is 0 Å². The summed E-state index contributed by atoms with van der Waals surface area (Å²) < 4.78 is 0. The van der Waals surface area contributed by atoms with Crippen LogP contribution in [0.15, 0.2) is 48.5 Å². The molecule has 0 amide bonds. The first-order valence-corrected chi connectivity index (χ1v) is 9.85. The van der Waals surface area contributed by atoms with E-state index in [0.717, 1.165) is 11.8 Å². The van der Waals surface area contributed by atoms with Crippen LogP contribution in [0.2, 0.25) is 0 Å². The SMILES string of the molecule is CC(=O)O.O=C(O)CN(CCNC(C(=O)O)c1ccccc1O)C(C(=O)O)c1ccccc1O. The van der Waals surface area contributed by atoms with E-state index in [9.17, 15) is 39.9 Å². The molecule has 0 fully saturated rings. The van der Waals surface area contributed by atoms with Crippen molar-refractivity contribution in [1.82, 2.24) is 10.2 Å². The quantitative estimate of drug-likeness (QED) is 0.243. The van der Waals surface area contributed by atoms with Gasteiger partial charge in [-0.3, -0.25) is 29.4 Å². The number of phenolic OH excluding ortho intramolecular Hbond substituents is 2. The molecule has 0 radical (unpaired) electrons. The third-order valence-corrected chi connectivity index (χ3v) is 4.41. The average Bonchev–Trinajstić information content (AvgIpc) is 2.72. The Morgan fingerprint density at radius 2 is 1.29 bits per heavy atom. The number of carboxylic acid groups (broad SMARTS) is 4. The van der Waals surface area contributed by atoms with E-state index in [4.69, 9.17) is 9.90 Å². The van der Waals surface area contributed by atoms with E-state index in [-0.39, 0.29) is 35.7 Å². The Morgan fingerprint density at radius 1 is 0.824 bits per heavy atom. The number of nitrogens with one attached hydrogen (secondary N) is 1. The van der Waals surface area contributed by atoms with Gasteiger partial charge in [0, 0.05) is 31.1 Å². The third-order valence-electron chi connectivity index (χ3n) is 4.41. The van der Waals surface area contributed by atoms with Crippen LogP contribution in [-0.4, -0.2) is 79.1 Å². The second-order valence-electron chi connectivity index (χ2n) is 6.97. The number of aliphatic carboxylic acids is 4. The third kappa shape index (κ3) is 8.76. The molecular formula is C22H26N2O10. The minimum atomic E-state index is -1.46. The van der Waals surface area contributed by atoms with Gasteiger partial charge in [-0.2, -0.15) is 0 Å². The number of carbonyl (C=O) groups is 4. The van der Waals surface area contributed by atoms with Gasteiger partial charge in [0.15, 0.2) is 0 Å². The first-order valence-electron chi connectivity index (χ1n) is 9.85. The van der Waals surface area contributed by atoms with Crippen LogP contribution in [0.5, 0.6) is 11.5 Å². The van der Waals surface area contributed by atoms with Gasteiger partial charge in [0.1, 0.15) is 23.6 Å². The summed E-state index contributed by atoms with van der Waals surface area (Å²) in [6, 6.07) is 8.80. The molecule has 0 aliphatic rings. The lowest BCUT2D eigenvalue weighted by atomic mass is 10.0. The van der Waals surface area contributed by atoms with Crippen LogP contribution in [0.4, 0.5) is 0 Å². The van der Waals surface area contributed by atoms with Crippen LogP contribution < -0.4 is 5.32 Å². The summed E-state index contributed by atoms with van der Waals surface area (Å²) >= 11 is 0. The van der Waals surface area contributed by atoms with Crippen LogP contribution >= 0.6 is 0 Å². The van der Waals surface area contributed by atoms with Gasteiger partial charge in [-0.15, -0.1) is 0 Å². The van der Waals surface area contributed by atoms with E-state index in [2.05, 4.69) is 5.32 Å². The van der Waals surface area contributed by atoms with Crippen molar-refractivity contribution < 1.29 is 49.8 Å². The molecule has 12 heteroatoms. The van der Waals surface area contributed by atoms with Crippen LogP contribution in [-0.2, 0) is 19.2 Å². The summed E-state index contributed by atoms with van der Waals surface area (Å²) in [7, 11) is 0. The summed E-state index contributed by atoms with van der Waals surface area (Å²) in [5.41, 5.74) is 0.131. The van der Waals surface area contributed by atoms with Gasteiger partial charge in [-0.25, -0.2) is 0 Å². The number of rotatable bonds is 11. The zero-order valence-corrected chi connectivity index (χ0v) is 18.2. The number of carboxylic acids is 4. The molecule has 34 heavy (non-hydrogen) atoms. The van der Waals surface area contributed by atoms with E-state index in [1.807, 2.05) is 0 Å². The number of aromatic hydroxyl groups is 2. The van der Waals surface area contributed by atoms with Crippen molar-refractivity contribution in [2.24, 2.45) is 0 Å². The molecule has 0 aliphatic heterocycles. The van der Waals surface area contributed by atoms with Gasteiger partial charge in [0.25, 0.3) is 5.97 Å². The predicted molar refractivity (Wildman–Crippen MR) is 117 cm³/mol. The zero-order valence-electron chi connectivity index (χ0n) is 18.2. The predicted octanol–water partition coefficient (Wildman–Crippen LogP) is 1.12. The smallest absolute Gasteiger partial charge is 0.325 e. The van der Waals surface area contributed by atoms with Gasteiger partial charge in [0.2, 0.25) is 0 Å². The molecule has 2 unspecified atom stereocenters. The highest BCUT2D eigenvalue weighted by Crippen LogP contribution is 2.29. The summed E-state index contributed by atoms with van der Waals surface area (Å²) in [6.45, 7) is 0.173. The van der Waals surface area contributed by atoms with Gasteiger partial charge < -0.3 is 30.6 Å². The van der Waals surface area contributed by atoms with Crippen LogP contribution in [0, 0.1) is 0 Å². The van der Waals surface area contributed by atoms with E-state index >= 15 is 0 Å². The molecule has 0 saturated heterocycles. The summed E-state index contributed by atoms with van der Waals surface area (Å²) in [4.78, 5) is 44.8. The Morgan fingerprint density at radius 3 is 1.71 bits per heavy atom. The number of hydrogen-bond acceptors (Lipinski definition) is 8. The van der Waals surface area contributed by atoms with Crippen molar-refractivity contribution in [3.8, 4) is 11.5 Å². The topological polar surface area (TPSA) is 205 Å². The number of nitrogens with zero attached hydrogens (tertiary/aromatic N) is 1. The Labute approximate surface area is 194 Å². The molecule has 2 aromatic carbocycles. The Bertz CT molecular complexity index is 1010. The van der Waals surface area contributed by atoms with Crippen molar-refractivity contribution >= 4 is 23.9 Å². The van der Waals surface area contributed by atoms with Crippen LogP contribution in [0.25, 0.3) is 0 Å². The Kier molecular flexibility index (Phi) is 11.0. The van der Waals surface area contributed by atoms with Crippen molar-refractivity contribution in [1.29, 1.82) is 0 Å². The molecule has 7 N–H and O–H groups in total. The number of hydrogen-bond donors (Lipinski definition) is 7. The molecule has 0 bridgehead atoms. The highest BCUT2D eigenvalue weighted by atomic mass is 16.4. The van der Waals surface area contributed by atoms with Crippen molar-refractivity contribution in [2.45, 2.75) is 19.0 Å². The standard InChI is InChI=1S/C20H22N2O8.C2H4O2/c23-14-7-3-1-5-12(14)17(19(27)28)21-9-10-22(11-16(25)26)18(20(29)30)13-6-2-4-8-15(13)24;1-2(3)4/h1-8,17-18,21,23-24H,9-11H2,(H,25,26)(H,27,28)(H,29,30);1H3,(H,3,4). The fourth-order valence-electron chi connectivity index (χ4n) is 3.09. The maximum absolute atomic E-state index is 11.9. The minimum absolute atomic E-state index is 0.0155.